The lowest BCUT2D eigenvalue weighted by atomic mass is 10.1. The standard InChI is InChI=1S/C30H18ClNO3/c31-24-16-21(18-29-30(24)35-27-13-7-6-12-26(27)34-29)32(19-8-2-1-3-9-19)20-14-15-23-22-10-4-5-11-25(22)33-28(23)17-20/h1-18H. The number of furan rings is 1. The minimum absolute atomic E-state index is 0.470. The van der Waals surface area contributed by atoms with Gasteiger partial charge in [-0.15, -0.1) is 0 Å². The van der Waals surface area contributed by atoms with E-state index in [1.54, 1.807) is 0 Å². The maximum atomic E-state index is 6.73. The topological polar surface area (TPSA) is 34.8 Å². The van der Waals surface area contributed by atoms with Crippen molar-refractivity contribution in [3.8, 4) is 23.0 Å². The van der Waals surface area contributed by atoms with Gasteiger partial charge in [-0.25, -0.2) is 0 Å². The molecule has 5 heteroatoms. The fraction of sp³-hybridized carbons (Fsp3) is 0. The Kier molecular flexibility index (Phi) is 4.47. The lowest BCUT2D eigenvalue weighted by Crippen LogP contribution is -2.10. The number of rotatable bonds is 3. The molecule has 0 radical (unpaired) electrons. The van der Waals surface area contributed by atoms with Crippen molar-refractivity contribution >= 4 is 50.6 Å². The van der Waals surface area contributed by atoms with Crippen molar-refractivity contribution < 1.29 is 13.9 Å². The van der Waals surface area contributed by atoms with Gasteiger partial charge in [-0.2, -0.15) is 0 Å². The van der Waals surface area contributed by atoms with Gasteiger partial charge in [0.2, 0.25) is 0 Å². The summed E-state index contributed by atoms with van der Waals surface area (Å²) in [5, 5.41) is 2.65. The van der Waals surface area contributed by atoms with Crippen LogP contribution in [0.15, 0.2) is 114 Å². The largest absolute Gasteiger partial charge is 0.456 e. The zero-order chi connectivity index (χ0) is 23.4. The van der Waals surface area contributed by atoms with Crippen molar-refractivity contribution in [1.29, 1.82) is 0 Å². The molecule has 0 atom stereocenters. The summed E-state index contributed by atoms with van der Waals surface area (Å²) in [5.41, 5.74) is 4.46. The first-order valence-corrected chi connectivity index (χ1v) is 11.7. The first-order valence-electron chi connectivity index (χ1n) is 11.3. The number of ether oxygens (including phenoxy) is 2. The Labute approximate surface area is 206 Å². The van der Waals surface area contributed by atoms with Crippen molar-refractivity contribution in [3.63, 3.8) is 0 Å². The highest BCUT2D eigenvalue weighted by Gasteiger charge is 2.24. The van der Waals surface area contributed by atoms with Gasteiger partial charge in [0, 0.05) is 34.3 Å². The fourth-order valence-electron chi connectivity index (χ4n) is 4.58. The minimum Gasteiger partial charge on any atom is -0.456 e. The molecular weight excluding hydrogens is 458 g/mol. The number of halogens is 1. The van der Waals surface area contributed by atoms with Crippen LogP contribution in [0.25, 0.3) is 21.9 Å². The van der Waals surface area contributed by atoms with Crippen molar-refractivity contribution in [2.75, 3.05) is 4.90 Å². The van der Waals surface area contributed by atoms with Crippen LogP contribution in [0.4, 0.5) is 17.1 Å². The average molecular weight is 476 g/mol. The van der Waals surface area contributed by atoms with E-state index in [1.165, 1.54) is 0 Å². The number of nitrogens with zero attached hydrogens (tertiary/aromatic N) is 1. The van der Waals surface area contributed by atoms with E-state index >= 15 is 0 Å². The quantitative estimate of drug-likeness (QED) is 0.255. The molecule has 1 aliphatic rings. The van der Waals surface area contributed by atoms with Crippen LogP contribution in [0.5, 0.6) is 23.0 Å². The lowest BCUT2D eigenvalue weighted by Gasteiger charge is -2.28. The highest BCUT2D eigenvalue weighted by atomic mass is 35.5. The molecule has 0 saturated heterocycles. The van der Waals surface area contributed by atoms with Crippen LogP contribution in [-0.2, 0) is 0 Å². The molecule has 4 nitrogen and oxygen atoms in total. The third kappa shape index (κ3) is 3.30. The van der Waals surface area contributed by atoms with E-state index < -0.39 is 0 Å². The second-order valence-electron chi connectivity index (χ2n) is 8.36. The second-order valence-corrected chi connectivity index (χ2v) is 8.76. The molecule has 5 aromatic carbocycles. The lowest BCUT2D eigenvalue weighted by molar-refractivity contribution is 0.360. The first kappa shape index (κ1) is 20.0. The third-order valence-electron chi connectivity index (χ3n) is 6.17. The number of anilines is 3. The molecule has 0 spiro atoms. The summed E-state index contributed by atoms with van der Waals surface area (Å²) in [6.45, 7) is 0. The third-order valence-corrected chi connectivity index (χ3v) is 6.45. The Morgan fingerprint density at radius 3 is 2.09 bits per heavy atom. The maximum absolute atomic E-state index is 6.73. The van der Waals surface area contributed by atoms with Crippen LogP contribution in [0.2, 0.25) is 5.02 Å². The van der Waals surface area contributed by atoms with Crippen molar-refractivity contribution in [3.05, 3.63) is 114 Å². The number of hydrogen-bond acceptors (Lipinski definition) is 4. The highest BCUT2D eigenvalue weighted by molar-refractivity contribution is 6.32. The summed E-state index contributed by atoms with van der Waals surface area (Å²) in [5.74, 6) is 2.37. The van der Waals surface area contributed by atoms with Crippen LogP contribution in [0, 0.1) is 0 Å². The summed E-state index contributed by atoms with van der Waals surface area (Å²) < 4.78 is 18.4. The van der Waals surface area contributed by atoms with E-state index in [9.17, 15) is 0 Å². The molecule has 1 aliphatic heterocycles. The molecule has 1 aromatic heterocycles. The second kappa shape index (κ2) is 7.83. The first-order chi connectivity index (χ1) is 17.2. The van der Waals surface area contributed by atoms with E-state index in [2.05, 4.69) is 41.3 Å². The van der Waals surface area contributed by atoms with Gasteiger partial charge in [0.25, 0.3) is 0 Å². The molecule has 0 bridgehead atoms. The van der Waals surface area contributed by atoms with Crippen molar-refractivity contribution in [1.82, 2.24) is 0 Å². The van der Waals surface area contributed by atoms with Crippen LogP contribution in [0.1, 0.15) is 0 Å². The van der Waals surface area contributed by atoms with Gasteiger partial charge in [0.15, 0.2) is 23.0 Å². The van der Waals surface area contributed by atoms with Gasteiger partial charge in [-0.05, 0) is 48.5 Å². The Morgan fingerprint density at radius 1 is 0.514 bits per heavy atom. The molecule has 0 unspecified atom stereocenters. The monoisotopic (exact) mass is 475 g/mol. The fourth-order valence-corrected chi connectivity index (χ4v) is 4.83. The van der Waals surface area contributed by atoms with Crippen LogP contribution < -0.4 is 14.4 Å². The summed E-state index contributed by atoms with van der Waals surface area (Å²) >= 11 is 6.73. The molecule has 0 fully saturated rings. The predicted octanol–water partition coefficient (Wildman–Crippen LogP) is 9.61. The Hall–Kier alpha value is -4.41. The molecule has 168 valence electrons. The highest BCUT2D eigenvalue weighted by Crippen LogP contribution is 2.51. The molecule has 7 rings (SSSR count). The van der Waals surface area contributed by atoms with Crippen molar-refractivity contribution in [2.45, 2.75) is 0 Å². The summed E-state index contributed by atoms with van der Waals surface area (Å²) in [4.78, 5) is 2.13. The SMILES string of the molecule is Clc1cc(N(c2ccccc2)c2ccc3c(c2)oc2ccccc23)cc2c1Oc1ccccc1O2. The van der Waals surface area contributed by atoms with Gasteiger partial charge in [-0.1, -0.05) is 60.1 Å². The van der Waals surface area contributed by atoms with E-state index in [0.29, 0.717) is 28.0 Å². The molecule has 0 N–H and O–H groups in total. The molecule has 2 heterocycles. The Bertz CT molecular complexity index is 1730. The van der Waals surface area contributed by atoms with Gasteiger partial charge in [0.1, 0.15) is 11.2 Å². The smallest absolute Gasteiger partial charge is 0.188 e. The average Bonchev–Trinajstić information content (AvgIpc) is 3.26. The van der Waals surface area contributed by atoms with Gasteiger partial charge >= 0.3 is 0 Å². The van der Waals surface area contributed by atoms with E-state index in [1.807, 2.05) is 72.8 Å². The van der Waals surface area contributed by atoms with Gasteiger partial charge in [-0.3, -0.25) is 0 Å². The number of hydrogen-bond donors (Lipinski definition) is 0. The maximum Gasteiger partial charge on any atom is 0.188 e. The predicted molar refractivity (Wildman–Crippen MR) is 140 cm³/mol. The van der Waals surface area contributed by atoms with Gasteiger partial charge < -0.3 is 18.8 Å². The van der Waals surface area contributed by atoms with E-state index in [-0.39, 0.29) is 0 Å². The van der Waals surface area contributed by atoms with E-state index in [4.69, 9.17) is 25.5 Å². The molecule has 0 amide bonds. The zero-order valence-electron chi connectivity index (χ0n) is 18.4. The Balaban J connectivity index is 1.40. The molecule has 35 heavy (non-hydrogen) atoms. The summed E-state index contributed by atoms with van der Waals surface area (Å²) in [6.07, 6.45) is 0. The molecule has 6 aromatic rings. The molecule has 0 saturated carbocycles. The Morgan fingerprint density at radius 2 is 1.23 bits per heavy atom. The molecular formula is C30H18ClNO3. The summed E-state index contributed by atoms with van der Waals surface area (Å²) in [6, 6.07) is 35.9. The van der Waals surface area contributed by atoms with Crippen molar-refractivity contribution in [2.24, 2.45) is 0 Å². The number of benzene rings is 5. The van der Waals surface area contributed by atoms with E-state index in [0.717, 1.165) is 39.0 Å². The van der Waals surface area contributed by atoms with Crippen LogP contribution >= 0.6 is 11.6 Å². The number of fused-ring (bicyclic) bond motifs is 5. The molecule has 0 aliphatic carbocycles. The normalized spacial score (nSPS) is 12.0. The van der Waals surface area contributed by atoms with Crippen LogP contribution in [0.3, 0.4) is 0 Å². The zero-order valence-corrected chi connectivity index (χ0v) is 19.2. The minimum atomic E-state index is 0.470. The summed E-state index contributed by atoms with van der Waals surface area (Å²) in [7, 11) is 0. The number of para-hydroxylation sites is 4. The van der Waals surface area contributed by atoms with Gasteiger partial charge in [0.05, 0.1) is 10.7 Å². The van der Waals surface area contributed by atoms with Crippen LogP contribution in [-0.4, -0.2) is 0 Å².